The molecule has 3 N–H and O–H groups in total. The Morgan fingerprint density at radius 2 is 1.41 bits per heavy atom. The van der Waals surface area contributed by atoms with Gasteiger partial charge in [-0.2, -0.15) is 34.8 Å². The number of ether oxygens (including phenoxy) is 4. The number of rotatable bonds is 15. The van der Waals surface area contributed by atoms with Crippen LogP contribution in [0.1, 0.15) is 87.5 Å². The fraction of sp³-hybridized carbons (Fsp3) is 0.542. The second kappa shape index (κ2) is 21.2. The first-order valence-corrected chi connectivity index (χ1v) is 24.9. The summed E-state index contributed by atoms with van der Waals surface area (Å²) in [6.07, 6.45) is -6.30. The number of hydrogen-bond donors (Lipinski definition) is 3. The highest BCUT2D eigenvalue weighted by atomic mass is 35.5. The van der Waals surface area contributed by atoms with Crippen molar-refractivity contribution >= 4 is 67.3 Å². The number of likely N-dealkylation sites (tertiary alicyclic amines) is 1. The molecule has 3 aliphatic rings. The van der Waals surface area contributed by atoms with Gasteiger partial charge < -0.3 is 34.5 Å². The molecule has 5 atom stereocenters. The molecule has 4 amide bonds. The van der Waals surface area contributed by atoms with Crippen LogP contribution in [-0.4, -0.2) is 114 Å². The van der Waals surface area contributed by atoms with E-state index in [0.717, 1.165) is 0 Å². The molecule has 2 aromatic carbocycles. The Balaban J connectivity index is 0.000000429. The average Bonchev–Trinajstić information content (AvgIpc) is 4.13. The van der Waals surface area contributed by atoms with Crippen molar-refractivity contribution in [2.24, 2.45) is 11.3 Å². The molecule has 0 radical (unpaired) electrons. The number of benzene rings is 2. The molecule has 0 unspecified atom stereocenters. The van der Waals surface area contributed by atoms with Crippen LogP contribution in [0.2, 0.25) is 5.15 Å². The van der Waals surface area contributed by atoms with Crippen molar-refractivity contribution in [3.63, 3.8) is 0 Å². The standard InChI is InChI=1S/C37H50F3N5O10S.C11H7ClF3NO/c1-9-22-18-36(22,31(48)44-56(50,51)55-35(8)13-14-35)43-28(46)26-17-24(19-45(26)30(47)27(33(2,3)4)42-32(49)54-34(5,6)7)53-29-25-11-10-23(52-20-37(38,39)40)16-21(25)12-15-41-29;12-10-9-2-1-8(17-6-11(13,14)15)5-7(9)3-4-16-10/h10-12,15-16,22,24,26-27H,9,13-14,17-20H2,1-8H3,(H,42,49)(H,43,46)(H,44,48);1-5H,6H2/t22-,24-,26+,27-,36-;/m1./s1. The highest BCUT2D eigenvalue weighted by Gasteiger charge is 2.62. The van der Waals surface area contributed by atoms with E-state index in [2.05, 4.69) is 25.3 Å². The first kappa shape index (κ1) is 56.4. The second-order valence-electron chi connectivity index (χ2n) is 20.4. The van der Waals surface area contributed by atoms with Gasteiger partial charge in [0.25, 0.3) is 5.91 Å². The van der Waals surface area contributed by atoms with Crippen molar-refractivity contribution < 1.29 is 77.1 Å². The number of pyridine rings is 2. The van der Waals surface area contributed by atoms with Crippen molar-refractivity contribution in [1.82, 2.24) is 30.2 Å². The fourth-order valence-corrected chi connectivity index (χ4v) is 9.36. The van der Waals surface area contributed by atoms with Gasteiger partial charge in [0.1, 0.15) is 46.0 Å². The van der Waals surface area contributed by atoms with Crippen LogP contribution in [-0.2, 0) is 33.6 Å². The van der Waals surface area contributed by atoms with Gasteiger partial charge in [0.2, 0.25) is 17.7 Å². The smallest absolute Gasteiger partial charge is 0.422 e. The number of halogens is 7. The molecule has 0 bridgehead atoms. The third-order valence-corrected chi connectivity index (χ3v) is 13.3. The Labute approximate surface area is 422 Å². The molecule has 2 saturated carbocycles. The molecule has 7 rings (SSSR count). The first-order chi connectivity index (χ1) is 33.7. The van der Waals surface area contributed by atoms with Crippen LogP contribution in [0.3, 0.4) is 0 Å². The Hall–Kier alpha value is -5.88. The number of carbonyl (C=O) groups is 4. The molecule has 400 valence electrons. The maximum atomic E-state index is 14.5. The molecule has 73 heavy (non-hydrogen) atoms. The molecule has 2 aromatic heterocycles. The Morgan fingerprint density at radius 3 is 1.93 bits per heavy atom. The predicted molar refractivity (Wildman–Crippen MR) is 254 cm³/mol. The van der Waals surface area contributed by atoms with Gasteiger partial charge in [-0.3, -0.25) is 14.4 Å². The molecule has 25 heteroatoms. The van der Waals surface area contributed by atoms with Crippen LogP contribution in [0.15, 0.2) is 60.9 Å². The number of carbonyl (C=O) groups excluding carboxylic acids is 4. The third-order valence-electron chi connectivity index (χ3n) is 11.9. The van der Waals surface area contributed by atoms with Crippen LogP contribution in [0.25, 0.3) is 21.5 Å². The van der Waals surface area contributed by atoms with E-state index in [4.69, 9.17) is 30.0 Å². The zero-order valence-corrected chi connectivity index (χ0v) is 42.7. The van der Waals surface area contributed by atoms with E-state index in [1.807, 2.05) is 4.72 Å². The van der Waals surface area contributed by atoms with E-state index in [1.54, 1.807) is 73.6 Å². The SMILES string of the molecule is CC[C@@H]1C[C@]1(NC(=O)[C@@H]1C[C@@H](Oc2nccc3cc(OCC(F)(F)F)ccc23)CN1C(=O)[C@@H](NC(=O)OC(C)(C)C)C(C)(C)C)C(=O)NS(=O)(=O)OC1(C)CC1.FC(F)(F)COc1ccc2c(Cl)nccc2c1. The summed E-state index contributed by atoms with van der Waals surface area (Å²) < 4.78 is 128. The Kier molecular flexibility index (Phi) is 16.4. The largest absolute Gasteiger partial charge is 0.484 e. The van der Waals surface area contributed by atoms with E-state index in [-0.39, 0.29) is 36.8 Å². The molecular weight excluding hydrogens is 1020 g/mol. The zero-order chi connectivity index (χ0) is 54.1. The molecule has 3 fully saturated rings. The number of nitrogens with zero attached hydrogens (tertiary/aromatic N) is 3. The van der Waals surface area contributed by atoms with Crippen molar-refractivity contribution in [2.75, 3.05) is 19.8 Å². The van der Waals surface area contributed by atoms with Crippen molar-refractivity contribution in [3.8, 4) is 17.4 Å². The summed E-state index contributed by atoms with van der Waals surface area (Å²) in [4.78, 5) is 64.7. The fourth-order valence-electron chi connectivity index (χ4n) is 7.99. The van der Waals surface area contributed by atoms with Gasteiger partial charge in [-0.25, -0.2) is 23.7 Å². The van der Waals surface area contributed by atoms with Crippen LogP contribution in [0.4, 0.5) is 31.1 Å². The first-order valence-electron chi connectivity index (χ1n) is 23.1. The summed E-state index contributed by atoms with van der Waals surface area (Å²) in [7, 11) is -4.51. The summed E-state index contributed by atoms with van der Waals surface area (Å²) in [6.45, 7) is 10.6. The summed E-state index contributed by atoms with van der Waals surface area (Å²) in [5, 5.41) is 7.93. The lowest BCUT2D eigenvalue weighted by molar-refractivity contribution is -0.154. The lowest BCUT2D eigenvalue weighted by Crippen LogP contribution is -2.60. The van der Waals surface area contributed by atoms with Gasteiger partial charge in [-0.05, 0) is 118 Å². The number of alkyl halides is 6. The molecule has 3 heterocycles. The highest BCUT2D eigenvalue weighted by Crippen LogP contribution is 2.47. The number of nitrogens with one attached hydrogen (secondary N) is 3. The van der Waals surface area contributed by atoms with Gasteiger partial charge in [0, 0.05) is 29.6 Å². The summed E-state index contributed by atoms with van der Waals surface area (Å²) in [5.41, 5.74) is -4.30. The number of fused-ring (bicyclic) bond motifs is 2. The van der Waals surface area contributed by atoms with E-state index in [1.165, 1.54) is 47.6 Å². The van der Waals surface area contributed by atoms with Crippen LogP contribution in [0.5, 0.6) is 17.4 Å². The molecule has 4 aromatic rings. The van der Waals surface area contributed by atoms with Gasteiger partial charge in [-0.15, -0.1) is 0 Å². The molecule has 0 spiro atoms. The number of hydrogen-bond acceptors (Lipinski definition) is 13. The molecule has 17 nitrogen and oxygen atoms in total. The van der Waals surface area contributed by atoms with Crippen LogP contribution >= 0.6 is 11.6 Å². The minimum Gasteiger partial charge on any atom is -0.484 e. The minimum absolute atomic E-state index is 0.0309. The molecular formula is C48H57ClF6N6O11S. The van der Waals surface area contributed by atoms with Crippen LogP contribution < -0.4 is 29.6 Å². The summed E-state index contributed by atoms with van der Waals surface area (Å²) in [5.74, 6) is -2.61. The Morgan fingerprint density at radius 1 is 0.849 bits per heavy atom. The van der Waals surface area contributed by atoms with Gasteiger partial charge >= 0.3 is 28.8 Å². The third kappa shape index (κ3) is 15.3. The van der Waals surface area contributed by atoms with E-state index in [0.29, 0.717) is 46.0 Å². The average molecular weight is 1080 g/mol. The van der Waals surface area contributed by atoms with Gasteiger partial charge in [-0.1, -0.05) is 45.7 Å². The minimum atomic E-state index is -4.54. The number of alkyl carbamates (subject to hydrolysis) is 1. The molecule has 1 aliphatic heterocycles. The zero-order valence-electron chi connectivity index (χ0n) is 41.1. The topological polar surface area (TPSA) is 214 Å². The number of aromatic nitrogens is 2. The van der Waals surface area contributed by atoms with Crippen molar-refractivity contribution in [1.29, 1.82) is 0 Å². The van der Waals surface area contributed by atoms with Gasteiger partial charge in [0.15, 0.2) is 13.2 Å². The predicted octanol–water partition coefficient (Wildman–Crippen LogP) is 8.51. The van der Waals surface area contributed by atoms with Crippen LogP contribution in [0, 0.1) is 11.3 Å². The second-order valence-corrected chi connectivity index (χ2v) is 22.0. The highest BCUT2D eigenvalue weighted by molar-refractivity contribution is 7.85. The lowest BCUT2D eigenvalue weighted by Gasteiger charge is -2.36. The van der Waals surface area contributed by atoms with Gasteiger partial charge in [0.05, 0.1) is 12.1 Å². The Bertz CT molecular complexity index is 2820. The summed E-state index contributed by atoms with van der Waals surface area (Å²) in [6, 6.07) is 9.45. The maximum absolute atomic E-state index is 14.5. The van der Waals surface area contributed by atoms with E-state index < -0.39 is 106 Å². The molecule has 1 saturated heterocycles. The summed E-state index contributed by atoms with van der Waals surface area (Å²) >= 11 is 5.83. The van der Waals surface area contributed by atoms with Crippen molar-refractivity contribution in [2.45, 2.75) is 135 Å². The molecule has 2 aliphatic carbocycles. The van der Waals surface area contributed by atoms with Crippen molar-refractivity contribution in [3.05, 3.63) is 66.1 Å². The number of amides is 4. The quantitative estimate of drug-likeness (QED) is 0.0753. The monoisotopic (exact) mass is 1070 g/mol. The maximum Gasteiger partial charge on any atom is 0.422 e. The lowest BCUT2D eigenvalue weighted by atomic mass is 9.85. The van der Waals surface area contributed by atoms with E-state index in [9.17, 15) is 53.9 Å². The van der Waals surface area contributed by atoms with E-state index >= 15 is 0 Å². The normalized spacial score (nSPS) is 21.0.